The number of methoxy groups -OCH3 is 16. The lowest BCUT2D eigenvalue weighted by atomic mass is 9.55. The Balaban J connectivity index is 0.000000447. The second kappa shape index (κ2) is 59.9. The molecule has 0 radical (unpaired) electrons. The Labute approximate surface area is 908 Å². The largest absolute Gasteiger partial charge is 0.497 e. The topological polar surface area (TPSA) is 166 Å². The van der Waals surface area contributed by atoms with Crippen LogP contribution in [0.25, 0.3) is 0 Å². The molecule has 1 spiro atoms. The molecule has 0 saturated heterocycles. The molecular weight excluding hydrogens is 1890 g/mol. The van der Waals surface area contributed by atoms with Gasteiger partial charge in [0.1, 0.15) is 103 Å². The quantitative estimate of drug-likeness (QED) is 0.0530. The Bertz CT molecular complexity index is 5790. The summed E-state index contributed by atoms with van der Waals surface area (Å²) in [5.41, 5.74) is 13.4. The zero-order chi connectivity index (χ0) is 104. The van der Waals surface area contributed by atoms with Gasteiger partial charge < -0.3 is 85.3 Å². The minimum atomic E-state index is -0.717. The van der Waals surface area contributed by atoms with E-state index >= 15 is 0 Å². The van der Waals surface area contributed by atoms with Gasteiger partial charge in [0.2, 0.25) is 0 Å². The molecule has 0 N–H and O–H groups in total. The first-order valence-electron chi connectivity index (χ1n) is 48.7. The predicted octanol–water partition coefficient (Wildman–Crippen LogP) is 34.3. The molecule has 19 heteroatoms. The van der Waals surface area contributed by atoms with Crippen molar-refractivity contribution in [3.63, 3.8) is 0 Å². The predicted molar refractivity (Wildman–Crippen MR) is 627 cm³/mol. The van der Waals surface area contributed by atoms with Crippen LogP contribution in [0.2, 0.25) is 0 Å². The number of benzene rings is 13. The molecule has 1 saturated carbocycles. The Morgan fingerprint density at radius 3 is 0.847 bits per heavy atom. The van der Waals surface area contributed by atoms with Gasteiger partial charge in [0.05, 0.1) is 114 Å². The highest BCUT2D eigenvalue weighted by Gasteiger charge is 2.54. The van der Waals surface area contributed by atoms with Gasteiger partial charge in [0, 0.05) is 84.6 Å². The molecule has 818 valence electrons. The fraction of sp³-hybridized carbons (Fsp3) is 0.405. The standard InChI is InChI=1S/C23H28O4.C23H30O2.C20H24O2.C19H24O2.C14H14O2S.C9H12O2.2C8H10O2.7CH4/c1-21(2)13-23(26-19-11-15(24-5)7-9-17(19)21)14-22(3,4)18-10-8-16(25-6)12-20(18)27-23;1-17-14-22(2,3)16-23(15-17,18-6-10-20(24-4)11-7-18)19-8-12-21(25-5)13-9-19;1-19(2)13-20(3,14-6-8-15(21-4)9-7-14)17-11-10-16(22-5)12-18(17)19;1-5-19(6-2,15-7-11-17(20-3)12-8-15)16-9-13-18(21-4)14-10-16;1-15-11-3-7-13(8-4-11)17-14-9-5-12(16-2)6-10-14;1-7-8(10-2)5-4-6-9(7)11-3;1-9-7-3-5-8(10-2)6-4-7;1-9-7-4-3-5-8(6-7)10-2;;;;;;;/h7-12H,13-14H2,1-6H3;6-13,17H,14-16H2,1-5H3;6-12H,13H2,1-5H3;7-14H,5-6H2,1-4H3;3-10H,1-2H3;4-6H,1-3H3;2*3-6H,1-2H3;7*1H4. The van der Waals surface area contributed by atoms with E-state index in [0.717, 1.165) is 148 Å². The van der Waals surface area contributed by atoms with Crippen LogP contribution in [-0.2, 0) is 32.5 Å². The molecule has 0 amide bonds. The van der Waals surface area contributed by atoms with Crippen molar-refractivity contribution >= 4 is 11.8 Å². The molecule has 18 nitrogen and oxygen atoms in total. The molecule has 0 aromatic heterocycles. The van der Waals surface area contributed by atoms with Crippen molar-refractivity contribution in [1.82, 2.24) is 0 Å². The molecule has 2 aliphatic carbocycles. The monoisotopic (exact) mass is 2070 g/mol. The molecule has 1 fully saturated rings. The number of ether oxygens (including phenoxy) is 18. The van der Waals surface area contributed by atoms with Gasteiger partial charge in [-0.3, -0.25) is 0 Å². The molecule has 0 bridgehead atoms. The second-order valence-electron chi connectivity index (χ2n) is 39.1. The minimum Gasteiger partial charge on any atom is -0.497 e. The van der Waals surface area contributed by atoms with Crippen molar-refractivity contribution in [3.8, 4) is 103 Å². The molecule has 2 atom stereocenters. The highest BCUT2D eigenvalue weighted by Crippen LogP contribution is 2.58. The first-order valence-corrected chi connectivity index (χ1v) is 49.5. The summed E-state index contributed by atoms with van der Waals surface area (Å²) in [6.07, 6.45) is 8.37. The van der Waals surface area contributed by atoms with Gasteiger partial charge in [0.25, 0.3) is 5.79 Å². The summed E-state index contributed by atoms with van der Waals surface area (Å²) in [6.45, 7) is 29.7. The third-order valence-electron chi connectivity index (χ3n) is 27.7. The molecule has 2 heterocycles. The zero-order valence-corrected chi connectivity index (χ0v) is 90.5. The van der Waals surface area contributed by atoms with E-state index in [0.29, 0.717) is 11.3 Å². The Morgan fingerprint density at radius 1 is 0.273 bits per heavy atom. The van der Waals surface area contributed by atoms with Crippen LogP contribution in [0.4, 0.5) is 0 Å². The summed E-state index contributed by atoms with van der Waals surface area (Å²) < 4.78 is 96.3. The lowest BCUT2D eigenvalue weighted by Gasteiger charge is -2.51. The smallest absolute Gasteiger partial charge is 0.252 e. The van der Waals surface area contributed by atoms with Crippen LogP contribution in [0, 0.1) is 18.3 Å². The van der Waals surface area contributed by atoms with Gasteiger partial charge in [-0.2, -0.15) is 0 Å². The van der Waals surface area contributed by atoms with Crippen LogP contribution < -0.4 is 85.3 Å². The van der Waals surface area contributed by atoms with Crippen LogP contribution >= 0.6 is 11.8 Å². The summed E-state index contributed by atoms with van der Waals surface area (Å²) >= 11 is 1.71. The number of hydrogen-bond acceptors (Lipinski definition) is 19. The number of rotatable bonds is 25. The van der Waals surface area contributed by atoms with Crippen molar-refractivity contribution in [1.29, 1.82) is 0 Å². The summed E-state index contributed by atoms with van der Waals surface area (Å²) in [6, 6.07) is 98.0. The summed E-state index contributed by atoms with van der Waals surface area (Å²) in [5, 5.41) is 0. The highest BCUT2D eigenvalue weighted by molar-refractivity contribution is 7.99. The summed E-state index contributed by atoms with van der Waals surface area (Å²) in [7, 11) is 26.8. The van der Waals surface area contributed by atoms with Gasteiger partial charge >= 0.3 is 0 Å². The van der Waals surface area contributed by atoms with Crippen molar-refractivity contribution in [3.05, 3.63) is 347 Å². The van der Waals surface area contributed by atoms with E-state index in [1.54, 1.807) is 126 Å². The molecular formula is C131H180O18S. The van der Waals surface area contributed by atoms with E-state index in [2.05, 4.69) is 210 Å². The average molecular weight is 2070 g/mol. The van der Waals surface area contributed by atoms with E-state index in [1.807, 2.05) is 171 Å². The van der Waals surface area contributed by atoms with E-state index in [4.69, 9.17) is 85.3 Å². The van der Waals surface area contributed by atoms with E-state index in [1.165, 1.54) is 72.7 Å². The van der Waals surface area contributed by atoms with Crippen LogP contribution in [0.5, 0.6) is 103 Å². The van der Waals surface area contributed by atoms with Gasteiger partial charge in [-0.15, -0.1) is 0 Å². The fourth-order valence-electron chi connectivity index (χ4n) is 20.6. The molecule has 150 heavy (non-hydrogen) atoms. The maximum atomic E-state index is 6.56. The van der Waals surface area contributed by atoms with Crippen LogP contribution in [0.3, 0.4) is 0 Å². The Morgan fingerprint density at radius 2 is 0.540 bits per heavy atom. The maximum absolute atomic E-state index is 6.56. The molecule has 2 aliphatic heterocycles. The lowest BCUT2D eigenvalue weighted by Crippen LogP contribution is -2.55. The summed E-state index contributed by atoms with van der Waals surface area (Å²) in [4.78, 5) is 2.38. The van der Waals surface area contributed by atoms with Crippen LogP contribution in [-0.4, -0.2) is 120 Å². The lowest BCUT2D eigenvalue weighted by molar-refractivity contribution is -0.166. The van der Waals surface area contributed by atoms with E-state index < -0.39 is 5.79 Å². The van der Waals surface area contributed by atoms with Gasteiger partial charge in [-0.1, -0.05) is 238 Å². The third kappa shape index (κ3) is 33.1. The third-order valence-corrected chi connectivity index (χ3v) is 28.7. The van der Waals surface area contributed by atoms with Crippen LogP contribution in [0.15, 0.2) is 301 Å². The summed E-state index contributed by atoms with van der Waals surface area (Å²) in [5.74, 6) is 15.5. The Kier molecular flexibility index (Phi) is 52.2. The molecule has 13 aromatic carbocycles. The first kappa shape index (κ1) is 131. The fourth-order valence-corrected chi connectivity index (χ4v) is 21.5. The van der Waals surface area contributed by atoms with E-state index in [9.17, 15) is 0 Å². The number of hydrogen-bond donors (Lipinski definition) is 0. The average Bonchev–Trinajstić information content (AvgIpc) is 1.49. The molecule has 2 unspecified atom stereocenters. The molecule has 13 aromatic rings. The van der Waals surface area contributed by atoms with Gasteiger partial charge in [-0.25, -0.2) is 0 Å². The molecule has 4 aliphatic rings. The van der Waals surface area contributed by atoms with Crippen molar-refractivity contribution in [2.45, 2.75) is 241 Å². The van der Waals surface area contributed by atoms with Crippen molar-refractivity contribution in [2.75, 3.05) is 114 Å². The van der Waals surface area contributed by atoms with E-state index in [-0.39, 0.29) is 84.5 Å². The minimum absolute atomic E-state index is 0. The maximum Gasteiger partial charge on any atom is 0.252 e. The van der Waals surface area contributed by atoms with Crippen molar-refractivity contribution < 1.29 is 85.3 Å². The second-order valence-corrected chi connectivity index (χ2v) is 40.3. The van der Waals surface area contributed by atoms with Crippen LogP contribution in [0.1, 0.15) is 242 Å². The normalized spacial score (nSPS) is 15.2. The molecule has 17 rings (SSSR count). The van der Waals surface area contributed by atoms with Gasteiger partial charge in [-0.05, 0) is 283 Å². The number of fused-ring (bicyclic) bond motifs is 3. The highest BCUT2D eigenvalue weighted by atomic mass is 32.2. The van der Waals surface area contributed by atoms with Crippen molar-refractivity contribution in [2.24, 2.45) is 11.3 Å². The SMILES string of the molecule is C.C.C.C.C.C.C.CCC(CC)(c1ccc(OC)cc1)c1ccc(OC)cc1.COc1ccc(C2(C)CC(C)(C)c3cc(OC)ccc32)cc1.COc1ccc(C2(c3ccc(OC)cc3)CC(C)CC(C)(C)C2)cc1.COc1ccc(OC)cc1.COc1ccc(Sc2ccc(OC)cc2)cc1.COc1ccc2c(c1)OC1(CC2(C)C)CC(C)(C)c2ccc(OC)cc2O1.COc1cccc(OC)c1.COc1cccc(OC)c1C. The zero-order valence-electron chi connectivity index (χ0n) is 89.7. The first-order chi connectivity index (χ1) is 68.5. The van der Waals surface area contributed by atoms with Gasteiger partial charge in [0.15, 0.2) is 0 Å². The Hall–Kier alpha value is -13.4.